The lowest BCUT2D eigenvalue weighted by Gasteiger charge is -2.39. The Bertz CT molecular complexity index is 2430. The topological polar surface area (TPSA) is 30.7 Å². The predicted molar refractivity (Wildman–Crippen MR) is 183 cm³/mol. The SMILES string of the molecule is c1ccc(-n2c3ccccc3c3cc(-c4cnc5c(c4)C4(c6ccccc6Sc6ccccc64)c4cccnc4-5)ccc32)cc1. The van der Waals surface area contributed by atoms with E-state index in [4.69, 9.17) is 9.97 Å². The van der Waals surface area contributed by atoms with Crippen molar-refractivity contribution in [1.29, 1.82) is 0 Å². The van der Waals surface area contributed by atoms with Crippen molar-refractivity contribution in [2.45, 2.75) is 15.2 Å². The molecule has 0 saturated heterocycles. The molecule has 10 rings (SSSR count). The van der Waals surface area contributed by atoms with E-state index in [9.17, 15) is 0 Å². The molecule has 2 aliphatic rings. The van der Waals surface area contributed by atoms with Crippen LogP contribution >= 0.6 is 11.8 Å². The Morgan fingerprint density at radius 3 is 1.98 bits per heavy atom. The van der Waals surface area contributed by atoms with Crippen LogP contribution in [-0.4, -0.2) is 14.5 Å². The largest absolute Gasteiger partial charge is 0.309 e. The summed E-state index contributed by atoms with van der Waals surface area (Å²) >= 11 is 1.85. The molecule has 0 fully saturated rings. The van der Waals surface area contributed by atoms with Gasteiger partial charge in [-0.15, -0.1) is 0 Å². The van der Waals surface area contributed by atoms with Crippen molar-refractivity contribution in [3.8, 4) is 28.2 Å². The fourth-order valence-corrected chi connectivity index (χ4v) is 8.91. The lowest BCUT2D eigenvalue weighted by molar-refractivity contribution is 0.719. The van der Waals surface area contributed by atoms with E-state index in [0.717, 1.165) is 28.2 Å². The molecule has 0 radical (unpaired) electrons. The van der Waals surface area contributed by atoms with Crippen LogP contribution in [-0.2, 0) is 5.41 Å². The van der Waals surface area contributed by atoms with Crippen LogP contribution in [0, 0.1) is 0 Å². The van der Waals surface area contributed by atoms with Crippen LogP contribution in [0.25, 0.3) is 50.0 Å². The minimum Gasteiger partial charge on any atom is -0.309 e. The highest BCUT2D eigenvalue weighted by atomic mass is 32.2. The lowest BCUT2D eigenvalue weighted by atomic mass is 9.67. The van der Waals surface area contributed by atoms with E-state index in [-0.39, 0.29) is 0 Å². The number of para-hydroxylation sites is 2. The van der Waals surface area contributed by atoms with Crippen LogP contribution in [0.5, 0.6) is 0 Å². The Labute approximate surface area is 264 Å². The molecule has 0 saturated carbocycles. The Kier molecular flexibility index (Phi) is 5.14. The maximum atomic E-state index is 5.19. The maximum absolute atomic E-state index is 5.19. The van der Waals surface area contributed by atoms with Crippen LogP contribution < -0.4 is 0 Å². The summed E-state index contributed by atoms with van der Waals surface area (Å²) in [5.41, 5.74) is 12.2. The zero-order valence-corrected chi connectivity index (χ0v) is 25.0. The average Bonchev–Trinajstić information content (AvgIpc) is 3.59. The van der Waals surface area contributed by atoms with Gasteiger partial charge in [-0.1, -0.05) is 96.7 Å². The molecule has 3 nitrogen and oxygen atoms in total. The molecule has 8 aromatic rings. The van der Waals surface area contributed by atoms with Crippen molar-refractivity contribution in [3.63, 3.8) is 0 Å². The van der Waals surface area contributed by atoms with Gasteiger partial charge in [0.1, 0.15) is 0 Å². The predicted octanol–water partition coefficient (Wildman–Crippen LogP) is 10.1. The fourth-order valence-electron chi connectivity index (χ4n) is 7.72. The first-order chi connectivity index (χ1) is 22.3. The zero-order chi connectivity index (χ0) is 29.5. The van der Waals surface area contributed by atoms with Crippen molar-refractivity contribution in [3.05, 3.63) is 174 Å². The smallest absolute Gasteiger partial charge is 0.0937 e. The maximum Gasteiger partial charge on any atom is 0.0937 e. The summed E-state index contributed by atoms with van der Waals surface area (Å²) in [6.45, 7) is 0. The van der Waals surface area contributed by atoms with Crippen LogP contribution in [0.2, 0.25) is 0 Å². The van der Waals surface area contributed by atoms with Gasteiger partial charge < -0.3 is 4.57 Å². The standard InChI is InChI=1S/C41H25N3S/c1-2-11-28(12-3-1)44-35-17-7-4-13-29(35)30-23-26(20-21-36(30)44)27-24-34-40(43-25-27)39-33(16-10-22-42-39)41(34)31-14-5-8-18-37(31)45-38-19-9-6-15-32(38)41/h1-25H. The zero-order valence-electron chi connectivity index (χ0n) is 24.2. The van der Waals surface area contributed by atoms with E-state index >= 15 is 0 Å². The third-order valence-electron chi connectivity index (χ3n) is 9.55. The van der Waals surface area contributed by atoms with E-state index in [2.05, 4.69) is 144 Å². The second-order valence-corrected chi connectivity index (χ2v) is 12.9. The van der Waals surface area contributed by atoms with Gasteiger partial charge in [0, 0.05) is 49.8 Å². The number of fused-ring (bicyclic) bond motifs is 12. The van der Waals surface area contributed by atoms with Crippen LogP contribution in [0.3, 0.4) is 0 Å². The second-order valence-electron chi connectivity index (χ2n) is 11.8. The third-order valence-corrected chi connectivity index (χ3v) is 10.7. The van der Waals surface area contributed by atoms with Gasteiger partial charge in [-0.2, -0.15) is 0 Å². The molecule has 0 amide bonds. The molecule has 4 heterocycles. The first-order valence-corrected chi connectivity index (χ1v) is 16.1. The first-order valence-electron chi connectivity index (χ1n) is 15.2. The lowest BCUT2D eigenvalue weighted by Crippen LogP contribution is -2.32. The highest BCUT2D eigenvalue weighted by Crippen LogP contribution is 2.61. The number of nitrogens with zero attached hydrogens (tertiary/aromatic N) is 3. The van der Waals surface area contributed by atoms with Gasteiger partial charge in [0.2, 0.25) is 0 Å². The Hall–Kier alpha value is -5.45. The van der Waals surface area contributed by atoms with E-state index in [0.29, 0.717) is 0 Å². The van der Waals surface area contributed by atoms with Crippen LogP contribution in [0.4, 0.5) is 0 Å². The molecule has 1 aliphatic heterocycles. The summed E-state index contributed by atoms with van der Waals surface area (Å²) in [4.78, 5) is 12.7. The number of benzene rings is 5. The molecule has 4 heteroatoms. The highest BCUT2D eigenvalue weighted by Gasteiger charge is 2.51. The van der Waals surface area contributed by atoms with E-state index < -0.39 is 5.41 Å². The molecule has 3 aromatic heterocycles. The van der Waals surface area contributed by atoms with Crippen molar-refractivity contribution in [2.24, 2.45) is 0 Å². The molecule has 0 atom stereocenters. The molecule has 0 unspecified atom stereocenters. The van der Waals surface area contributed by atoms with E-state index in [1.54, 1.807) is 0 Å². The molecular formula is C41H25N3S. The van der Waals surface area contributed by atoms with Gasteiger partial charge in [0.25, 0.3) is 0 Å². The summed E-state index contributed by atoms with van der Waals surface area (Å²) in [7, 11) is 0. The van der Waals surface area contributed by atoms with Gasteiger partial charge >= 0.3 is 0 Å². The summed E-state index contributed by atoms with van der Waals surface area (Å²) < 4.78 is 2.36. The molecule has 1 aliphatic carbocycles. The number of aromatic nitrogens is 3. The van der Waals surface area contributed by atoms with Gasteiger partial charge in [0.15, 0.2) is 0 Å². The fraction of sp³-hybridized carbons (Fsp3) is 0.0244. The van der Waals surface area contributed by atoms with Gasteiger partial charge in [0.05, 0.1) is 27.8 Å². The summed E-state index contributed by atoms with van der Waals surface area (Å²) in [5.74, 6) is 0. The number of rotatable bonds is 2. The second kappa shape index (κ2) is 9.28. The monoisotopic (exact) mass is 591 g/mol. The molecule has 210 valence electrons. The Balaban J connectivity index is 1.24. The molecular weight excluding hydrogens is 567 g/mol. The Morgan fingerprint density at radius 1 is 0.489 bits per heavy atom. The third kappa shape index (κ3) is 3.32. The van der Waals surface area contributed by atoms with Crippen LogP contribution in [0.15, 0.2) is 162 Å². The number of hydrogen-bond donors (Lipinski definition) is 0. The number of pyridine rings is 2. The van der Waals surface area contributed by atoms with Crippen molar-refractivity contribution >= 4 is 33.6 Å². The Morgan fingerprint density at radius 2 is 1.16 bits per heavy atom. The average molecular weight is 592 g/mol. The van der Waals surface area contributed by atoms with E-state index in [1.165, 1.54) is 53.9 Å². The van der Waals surface area contributed by atoms with E-state index in [1.807, 2.05) is 24.2 Å². The number of hydrogen-bond acceptors (Lipinski definition) is 3. The molecule has 45 heavy (non-hydrogen) atoms. The summed E-state index contributed by atoms with van der Waals surface area (Å²) in [6, 6.07) is 50.5. The molecule has 5 aromatic carbocycles. The van der Waals surface area contributed by atoms with Crippen molar-refractivity contribution in [1.82, 2.24) is 14.5 Å². The molecule has 1 spiro atoms. The minimum atomic E-state index is -0.492. The molecule has 0 N–H and O–H groups in total. The van der Waals surface area contributed by atoms with Gasteiger partial charge in [-0.3, -0.25) is 9.97 Å². The van der Waals surface area contributed by atoms with Crippen molar-refractivity contribution < 1.29 is 0 Å². The normalized spacial score (nSPS) is 13.9. The van der Waals surface area contributed by atoms with Gasteiger partial charge in [-0.05, 0) is 76.9 Å². The molecule has 0 bridgehead atoms. The summed E-state index contributed by atoms with van der Waals surface area (Å²) in [5, 5.41) is 2.48. The van der Waals surface area contributed by atoms with Crippen molar-refractivity contribution in [2.75, 3.05) is 0 Å². The first kappa shape index (κ1) is 24.9. The highest BCUT2D eigenvalue weighted by molar-refractivity contribution is 7.99. The summed E-state index contributed by atoms with van der Waals surface area (Å²) in [6.07, 6.45) is 3.92. The van der Waals surface area contributed by atoms with Gasteiger partial charge in [-0.25, -0.2) is 0 Å². The van der Waals surface area contributed by atoms with Crippen LogP contribution in [0.1, 0.15) is 22.3 Å². The minimum absolute atomic E-state index is 0.492. The quantitative estimate of drug-likeness (QED) is 0.200.